The zero-order chi connectivity index (χ0) is 14.7. The quantitative estimate of drug-likeness (QED) is 0.906. The maximum atomic E-state index is 12.5. The number of nitrogens with two attached hydrogens (primary N) is 1. The number of anilines is 1. The number of hydrogen-bond acceptors (Lipinski definition) is 4. The number of hydrogen-bond donors (Lipinski definition) is 2. The molecule has 21 heavy (non-hydrogen) atoms. The Hall–Kier alpha value is -2.53. The molecule has 0 saturated carbocycles. The molecule has 5 heteroatoms. The van der Waals surface area contributed by atoms with E-state index in [1.165, 1.54) is 0 Å². The molecule has 1 aliphatic rings. The summed E-state index contributed by atoms with van der Waals surface area (Å²) in [6.07, 6.45) is 0. The van der Waals surface area contributed by atoms with Crippen LogP contribution in [0.25, 0.3) is 0 Å². The average Bonchev–Trinajstić information content (AvgIpc) is 2.54. The Morgan fingerprint density at radius 2 is 1.90 bits per heavy atom. The summed E-state index contributed by atoms with van der Waals surface area (Å²) in [5.41, 5.74) is 7.73. The smallest absolute Gasteiger partial charge is 0.259 e. The highest BCUT2D eigenvalue weighted by atomic mass is 16.6. The molecule has 1 heterocycles. The fourth-order valence-corrected chi connectivity index (χ4v) is 2.26. The molecule has 0 aliphatic carbocycles. The molecule has 2 aromatic rings. The first-order chi connectivity index (χ1) is 10.3. The van der Waals surface area contributed by atoms with E-state index < -0.39 is 0 Å². The van der Waals surface area contributed by atoms with Gasteiger partial charge in [-0.05, 0) is 23.8 Å². The van der Waals surface area contributed by atoms with Gasteiger partial charge < -0.3 is 20.5 Å². The highest BCUT2D eigenvalue weighted by molar-refractivity contribution is 6.07. The van der Waals surface area contributed by atoms with Crippen LogP contribution in [-0.2, 0) is 6.54 Å². The molecule has 3 N–H and O–H groups in total. The molecule has 0 unspecified atom stereocenters. The molecule has 1 amide bonds. The number of carbonyl (C=O) groups excluding carboxylic acids is 1. The van der Waals surface area contributed by atoms with Crippen LogP contribution in [0.4, 0.5) is 5.69 Å². The van der Waals surface area contributed by atoms with Crippen LogP contribution in [0.15, 0.2) is 42.5 Å². The normalized spacial score (nSPS) is 12.8. The first kappa shape index (κ1) is 13.5. The van der Waals surface area contributed by atoms with Gasteiger partial charge in [0.25, 0.3) is 5.91 Å². The third-order valence-electron chi connectivity index (χ3n) is 3.30. The minimum Gasteiger partial charge on any atom is -0.486 e. The lowest BCUT2D eigenvalue weighted by Gasteiger charge is -2.20. The van der Waals surface area contributed by atoms with Crippen molar-refractivity contribution >= 4 is 11.6 Å². The van der Waals surface area contributed by atoms with Gasteiger partial charge in [0.1, 0.15) is 13.2 Å². The second kappa shape index (κ2) is 5.85. The van der Waals surface area contributed by atoms with Gasteiger partial charge in [0, 0.05) is 12.2 Å². The van der Waals surface area contributed by atoms with Gasteiger partial charge in [-0.25, -0.2) is 0 Å². The van der Waals surface area contributed by atoms with Crippen molar-refractivity contribution in [1.82, 2.24) is 0 Å². The molecule has 0 radical (unpaired) electrons. The molecule has 0 fully saturated rings. The van der Waals surface area contributed by atoms with E-state index in [0.717, 1.165) is 5.56 Å². The molecular formula is C16H16N2O3. The molecule has 0 spiro atoms. The highest BCUT2D eigenvalue weighted by Gasteiger charge is 2.20. The summed E-state index contributed by atoms with van der Waals surface area (Å²) < 4.78 is 11.0. The molecule has 0 saturated heterocycles. The van der Waals surface area contributed by atoms with Gasteiger partial charge >= 0.3 is 0 Å². The van der Waals surface area contributed by atoms with Crippen LogP contribution in [0.5, 0.6) is 11.5 Å². The number of amides is 1. The van der Waals surface area contributed by atoms with E-state index in [1.807, 2.05) is 24.3 Å². The molecule has 0 bridgehead atoms. The van der Waals surface area contributed by atoms with Crippen LogP contribution in [0.2, 0.25) is 0 Å². The summed E-state index contributed by atoms with van der Waals surface area (Å²) in [5.74, 6) is 0.853. The third-order valence-corrected chi connectivity index (χ3v) is 3.30. The van der Waals surface area contributed by atoms with Crippen molar-refractivity contribution in [2.45, 2.75) is 6.54 Å². The van der Waals surface area contributed by atoms with E-state index in [2.05, 4.69) is 5.32 Å². The summed E-state index contributed by atoms with van der Waals surface area (Å²) in [5, 5.41) is 2.87. The number of rotatable bonds is 3. The zero-order valence-electron chi connectivity index (χ0n) is 11.5. The van der Waals surface area contributed by atoms with Crippen molar-refractivity contribution in [1.29, 1.82) is 0 Å². The zero-order valence-corrected chi connectivity index (χ0v) is 11.5. The third kappa shape index (κ3) is 2.68. The van der Waals surface area contributed by atoms with Crippen molar-refractivity contribution in [2.75, 3.05) is 18.5 Å². The fourth-order valence-electron chi connectivity index (χ4n) is 2.26. The summed E-state index contributed by atoms with van der Waals surface area (Å²) >= 11 is 0. The van der Waals surface area contributed by atoms with E-state index in [1.54, 1.807) is 18.2 Å². The number of benzene rings is 2. The maximum Gasteiger partial charge on any atom is 0.259 e. The summed E-state index contributed by atoms with van der Waals surface area (Å²) in [6, 6.07) is 12.7. The molecule has 108 valence electrons. The molecular weight excluding hydrogens is 268 g/mol. The lowest BCUT2D eigenvalue weighted by Crippen LogP contribution is -2.20. The van der Waals surface area contributed by atoms with Crippen molar-refractivity contribution in [3.63, 3.8) is 0 Å². The number of nitrogens with one attached hydrogen (secondary N) is 1. The first-order valence-corrected chi connectivity index (χ1v) is 6.77. The predicted octanol–water partition coefficient (Wildman–Crippen LogP) is 2.17. The van der Waals surface area contributed by atoms with Crippen LogP contribution < -0.4 is 20.5 Å². The van der Waals surface area contributed by atoms with Gasteiger partial charge in [-0.15, -0.1) is 0 Å². The minimum atomic E-state index is -0.238. The Labute approximate surface area is 122 Å². The Kier molecular flexibility index (Phi) is 3.75. The first-order valence-electron chi connectivity index (χ1n) is 6.77. The van der Waals surface area contributed by atoms with Crippen LogP contribution in [0, 0.1) is 0 Å². The van der Waals surface area contributed by atoms with E-state index >= 15 is 0 Å². The van der Waals surface area contributed by atoms with E-state index in [0.29, 0.717) is 42.5 Å². The van der Waals surface area contributed by atoms with Crippen molar-refractivity contribution in [3.8, 4) is 11.5 Å². The predicted molar refractivity (Wildman–Crippen MR) is 79.7 cm³/mol. The van der Waals surface area contributed by atoms with Crippen LogP contribution >= 0.6 is 0 Å². The van der Waals surface area contributed by atoms with Crippen molar-refractivity contribution in [3.05, 3.63) is 53.6 Å². The van der Waals surface area contributed by atoms with Crippen LogP contribution in [-0.4, -0.2) is 19.1 Å². The standard InChI is InChI=1S/C16H16N2O3/c17-10-11-4-1-2-6-13(11)18-16(19)12-5-3-7-14-15(12)21-9-8-20-14/h1-7H,8-10,17H2,(H,18,19). The average molecular weight is 284 g/mol. The second-order valence-electron chi connectivity index (χ2n) is 4.65. The van der Waals surface area contributed by atoms with Crippen LogP contribution in [0.1, 0.15) is 15.9 Å². The summed E-state index contributed by atoms with van der Waals surface area (Å²) in [6.45, 7) is 1.30. The van der Waals surface area contributed by atoms with Gasteiger partial charge in [-0.2, -0.15) is 0 Å². The molecule has 3 rings (SSSR count). The Balaban J connectivity index is 1.89. The highest BCUT2D eigenvalue weighted by Crippen LogP contribution is 2.34. The monoisotopic (exact) mass is 284 g/mol. The van der Waals surface area contributed by atoms with Gasteiger partial charge in [0.2, 0.25) is 0 Å². The van der Waals surface area contributed by atoms with Crippen LogP contribution in [0.3, 0.4) is 0 Å². The second-order valence-corrected chi connectivity index (χ2v) is 4.65. The molecule has 2 aromatic carbocycles. The van der Waals surface area contributed by atoms with E-state index in [4.69, 9.17) is 15.2 Å². The van der Waals surface area contributed by atoms with Gasteiger partial charge in [-0.3, -0.25) is 4.79 Å². The maximum absolute atomic E-state index is 12.5. The molecule has 1 aliphatic heterocycles. The fraction of sp³-hybridized carbons (Fsp3) is 0.188. The summed E-state index contributed by atoms with van der Waals surface area (Å²) in [4.78, 5) is 12.5. The van der Waals surface area contributed by atoms with E-state index in [-0.39, 0.29) is 5.91 Å². The molecule has 0 aromatic heterocycles. The van der Waals surface area contributed by atoms with E-state index in [9.17, 15) is 4.79 Å². The number of para-hydroxylation sites is 2. The van der Waals surface area contributed by atoms with Gasteiger partial charge in [0.05, 0.1) is 5.56 Å². The Morgan fingerprint density at radius 3 is 2.76 bits per heavy atom. The Morgan fingerprint density at radius 1 is 1.10 bits per heavy atom. The van der Waals surface area contributed by atoms with Crippen molar-refractivity contribution in [2.24, 2.45) is 5.73 Å². The number of carbonyl (C=O) groups is 1. The van der Waals surface area contributed by atoms with Gasteiger partial charge in [0.15, 0.2) is 11.5 Å². The number of fused-ring (bicyclic) bond motifs is 1. The Bertz CT molecular complexity index is 670. The summed E-state index contributed by atoms with van der Waals surface area (Å²) in [7, 11) is 0. The minimum absolute atomic E-state index is 0.238. The SMILES string of the molecule is NCc1ccccc1NC(=O)c1cccc2c1OCCO2. The largest absolute Gasteiger partial charge is 0.486 e. The number of ether oxygens (including phenoxy) is 2. The topological polar surface area (TPSA) is 73.6 Å². The van der Waals surface area contributed by atoms with Crippen molar-refractivity contribution < 1.29 is 14.3 Å². The molecule has 0 atom stereocenters. The lowest BCUT2D eigenvalue weighted by molar-refractivity contribution is 0.101. The molecule has 5 nitrogen and oxygen atoms in total. The van der Waals surface area contributed by atoms with Gasteiger partial charge in [-0.1, -0.05) is 24.3 Å². The lowest BCUT2D eigenvalue weighted by atomic mass is 10.1.